The van der Waals surface area contributed by atoms with Gasteiger partial charge < -0.3 is 16.8 Å². The van der Waals surface area contributed by atoms with Gasteiger partial charge in [0.1, 0.15) is 0 Å². The van der Waals surface area contributed by atoms with Crippen LogP contribution in [0.15, 0.2) is 30.3 Å². The van der Waals surface area contributed by atoms with Crippen molar-refractivity contribution in [3.63, 3.8) is 0 Å². The van der Waals surface area contributed by atoms with Crippen LogP contribution >= 0.6 is 34.8 Å². The van der Waals surface area contributed by atoms with Gasteiger partial charge in [-0.1, -0.05) is 34.8 Å². The Morgan fingerprint density at radius 1 is 0.778 bits per heavy atom. The van der Waals surface area contributed by atoms with Gasteiger partial charge in [-0.05, 0) is 30.3 Å². The van der Waals surface area contributed by atoms with Crippen molar-refractivity contribution in [2.75, 3.05) is 16.8 Å². The summed E-state index contributed by atoms with van der Waals surface area (Å²) in [6.45, 7) is 0. The molecule has 0 aromatic heterocycles. The third-order valence-electron chi connectivity index (χ3n) is 2.36. The maximum absolute atomic E-state index is 6.07. The van der Waals surface area contributed by atoms with Crippen LogP contribution in [-0.2, 0) is 0 Å². The zero-order valence-corrected chi connectivity index (χ0v) is 11.4. The average Bonchev–Trinajstić information content (AvgIpc) is 2.30. The van der Waals surface area contributed by atoms with Gasteiger partial charge in [0.15, 0.2) is 0 Å². The van der Waals surface area contributed by atoms with E-state index in [1.807, 2.05) is 0 Å². The van der Waals surface area contributed by atoms with E-state index in [1.54, 1.807) is 30.3 Å². The first-order valence-corrected chi connectivity index (χ1v) is 6.17. The lowest BCUT2D eigenvalue weighted by molar-refractivity contribution is 1.54. The minimum absolute atomic E-state index is 0.396. The van der Waals surface area contributed by atoms with Gasteiger partial charge in [0.2, 0.25) is 0 Å². The topological polar surface area (TPSA) is 64.1 Å². The fraction of sp³-hybridized carbons (Fsp3) is 0. The quantitative estimate of drug-likeness (QED) is 0.563. The summed E-state index contributed by atoms with van der Waals surface area (Å²) < 4.78 is 0. The molecule has 6 heteroatoms. The first-order valence-electron chi connectivity index (χ1n) is 5.04. The van der Waals surface area contributed by atoms with Gasteiger partial charge in [0, 0.05) is 5.69 Å². The Kier molecular flexibility index (Phi) is 3.76. The maximum Gasteiger partial charge on any atom is 0.0656 e. The van der Waals surface area contributed by atoms with Gasteiger partial charge >= 0.3 is 0 Å². The van der Waals surface area contributed by atoms with Crippen LogP contribution in [0.2, 0.25) is 15.1 Å². The SMILES string of the molecule is Nc1ccc(N)c(Nc2cc(Cl)c(Cl)cc2Cl)c1. The maximum atomic E-state index is 6.07. The monoisotopic (exact) mass is 301 g/mol. The first-order chi connectivity index (χ1) is 8.47. The van der Waals surface area contributed by atoms with Crippen LogP contribution < -0.4 is 16.8 Å². The second-order valence-electron chi connectivity index (χ2n) is 3.72. The standard InChI is InChI=1S/C12H10Cl3N3/c13-7-4-9(15)11(5-8(7)14)18-12-3-6(16)1-2-10(12)17/h1-5,18H,16-17H2. The van der Waals surface area contributed by atoms with E-state index >= 15 is 0 Å². The van der Waals surface area contributed by atoms with E-state index in [0.717, 1.165) is 0 Å². The summed E-state index contributed by atoms with van der Waals surface area (Å²) in [7, 11) is 0. The predicted molar refractivity (Wildman–Crippen MR) is 80.0 cm³/mol. The second kappa shape index (κ2) is 5.14. The summed E-state index contributed by atoms with van der Waals surface area (Å²) in [5.74, 6) is 0. The zero-order valence-electron chi connectivity index (χ0n) is 9.18. The van der Waals surface area contributed by atoms with Crippen molar-refractivity contribution in [1.82, 2.24) is 0 Å². The van der Waals surface area contributed by atoms with Gasteiger partial charge in [0.25, 0.3) is 0 Å². The van der Waals surface area contributed by atoms with Crippen molar-refractivity contribution in [2.45, 2.75) is 0 Å². The fourth-order valence-corrected chi connectivity index (χ4v) is 2.04. The Morgan fingerprint density at radius 3 is 2.17 bits per heavy atom. The van der Waals surface area contributed by atoms with E-state index < -0.39 is 0 Å². The van der Waals surface area contributed by atoms with E-state index in [1.165, 1.54) is 0 Å². The van der Waals surface area contributed by atoms with Crippen LogP contribution in [0.5, 0.6) is 0 Å². The number of halogens is 3. The summed E-state index contributed by atoms with van der Waals surface area (Å²) in [5.41, 5.74) is 14.0. The molecular formula is C12H10Cl3N3. The third-order valence-corrected chi connectivity index (χ3v) is 3.39. The van der Waals surface area contributed by atoms with E-state index in [4.69, 9.17) is 46.3 Å². The molecule has 2 aromatic rings. The number of benzene rings is 2. The number of nitrogens with one attached hydrogen (secondary N) is 1. The molecule has 0 saturated heterocycles. The Labute approximate surface area is 120 Å². The molecule has 0 amide bonds. The van der Waals surface area contributed by atoms with Crippen LogP contribution in [0.3, 0.4) is 0 Å². The molecule has 0 aliphatic heterocycles. The third kappa shape index (κ3) is 2.75. The van der Waals surface area contributed by atoms with Gasteiger partial charge in [-0.25, -0.2) is 0 Å². The van der Waals surface area contributed by atoms with E-state index in [9.17, 15) is 0 Å². The van der Waals surface area contributed by atoms with Crippen molar-refractivity contribution in [1.29, 1.82) is 0 Å². The molecule has 2 rings (SSSR count). The predicted octanol–water partition coefficient (Wildman–Crippen LogP) is 4.55. The smallest absolute Gasteiger partial charge is 0.0656 e. The minimum Gasteiger partial charge on any atom is -0.399 e. The summed E-state index contributed by atoms with van der Waals surface area (Å²) >= 11 is 17.9. The van der Waals surface area contributed by atoms with Gasteiger partial charge in [-0.3, -0.25) is 0 Å². The van der Waals surface area contributed by atoms with Crippen LogP contribution in [0, 0.1) is 0 Å². The van der Waals surface area contributed by atoms with Crippen molar-refractivity contribution >= 4 is 57.6 Å². The number of nitrogens with two attached hydrogens (primary N) is 2. The molecule has 0 heterocycles. The molecule has 0 aliphatic rings. The number of hydrogen-bond acceptors (Lipinski definition) is 3. The fourth-order valence-electron chi connectivity index (χ4n) is 1.45. The van der Waals surface area contributed by atoms with Gasteiger partial charge in [-0.15, -0.1) is 0 Å². The lowest BCUT2D eigenvalue weighted by atomic mass is 10.2. The van der Waals surface area contributed by atoms with Crippen LogP contribution in [0.1, 0.15) is 0 Å². The largest absolute Gasteiger partial charge is 0.399 e. The van der Waals surface area contributed by atoms with E-state index in [2.05, 4.69) is 5.32 Å². The van der Waals surface area contributed by atoms with Gasteiger partial charge in [-0.2, -0.15) is 0 Å². The van der Waals surface area contributed by atoms with Crippen LogP contribution in [0.25, 0.3) is 0 Å². The molecule has 0 saturated carbocycles. The Morgan fingerprint density at radius 2 is 1.44 bits per heavy atom. The molecule has 5 N–H and O–H groups in total. The normalized spacial score (nSPS) is 10.4. The number of anilines is 4. The van der Waals surface area contributed by atoms with E-state index in [0.29, 0.717) is 37.8 Å². The molecule has 18 heavy (non-hydrogen) atoms. The Hall–Kier alpha value is -1.29. The molecule has 0 radical (unpaired) electrons. The lowest BCUT2D eigenvalue weighted by Crippen LogP contribution is -1.98. The highest BCUT2D eigenvalue weighted by Gasteiger charge is 2.08. The lowest BCUT2D eigenvalue weighted by Gasteiger charge is -2.12. The molecular weight excluding hydrogens is 293 g/mol. The molecule has 0 bridgehead atoms. The Balaban J connectivity index is 2.40. The zero-order chi connectivity index (χ0) is 13.3. The molecule has 0 fully saturated rings. The van der Waals surface area contributed by atoms with Crippen LogP contribution in [-0.4, -0.2) is 0 Å². The van der Waals surface area contributed by atoms with Gasteiger partial charge in [0.05, 0.1) is 32.1 Å². The molecule has 0 atom stereocenters. The number of rotatable bonds is 2. The molecule has 0 aliphatic carbocycles. The summed E-state index contributed by atoms with van der Waals surface area (Å²) in [5, 5.41) is 4.32. The number of nitrogen functional groups attached to an aromatic ring is 2. The van der Waals surface area contributed by atoms with Crippen molar-refractivity contribution in [2.24, 2.45) is 0 Å². The molecule has 3 nitrogen and oxygen atoms in total. The molecule has 2 aromatic carbocycles. The first kappa shape index (κ1) is 13.1. The second-order valence-corrected chi connectivity index (χ2v) is 4.94. The Bertz CT molecular complexity index is 599. The average molecular weight is 303 g/mol. The van der Waals surface area contributed by atoms with Crippen molar-refractivity contribution in [3.05, 3.63) is 45.4 Å². The number of hydrogen-bond donors (Lipinski definition) is 3. The molecule has 0 unspecified atom stereocenters. The summed E-state index contributed by atoms with van der Waals surface area (Å²) in [6.07, 6.45) is 0. The molecule has 94 valence electrons. The highest BCUT2D eigenvalue weighted by molar-refractivity contribution is 6.44. The van der Waals surface area contributed by atoms with E-state index in [-0.39, 0.29) is 0 Å². The van der Waals surface area contributed by atoms with Crippen molar-refractivity contribution < 1.29 is 0 Å². The summed E-state index contributed by atoms with van der Waals surface area (Å²) in [4.78, 5) is 0. The minimum atomic E-state index is 0.396. The molecule has 0 spiro atoms. The highest BCUT2D eigenvalue weighted by atomic mass is 35.5. The van der Waals surface area contributed by atoms with Crippen LogP contribution in [0.4, 0.5) is 22.7 Å². The summed E-state index contributed by atoms with van der Waals surface area (Å²) in [6, 6.07) is 8.35. The van der Waals surface area contributed by atoms with Crippen molar-refractivity contribution in [3.8, 4) is 0 Å². The highest BCUT2D eigenvalue weighted by Crippen LogP contribution is 2.35.